The lowest BCUT2D eigenvalue weighted by molar-refractivity contribution is -0.131. The Morgan fingerprint density at radius 3 is 2.55 bits per heavy atom. The van der Waals surface area contributed by atoms with Gasteiger partial charge in [0.1, 0.15) is 5.60 Å². The van der Waals surface area contributed by atoms with Crippen LogP contribution >= 0.6 is 0 Å². The monoisotopic (exact) mass is 279 g/mol. The molecule has 1 aromatic heterocycles. The van der Waals surface area contributed by atoms with Gasteiger partial charge in [0.25, 0.3) is 0 Å². The predicted molar refractivity (Wildman–Crippen MR) is 73.9 cm³/mol. The number of hydrogen-bond donors (Lipinski definition) is 1. The first-order chi connectivity index (χ1) is 9.16. The van der Waals surface area contributed by atoms with E-state index in [0.29, 0.717) is 18.8 Å². The highest BCUT2D eigenvalue weighted by atomic mass is 16.6. The Labute approximate surface area is 118 Å². The summed E-state index contributed by atoms with van der Waals surface area (Å²) in [6.45, 7) is 8.03. The van der Waals surface area contributed by atoms with Crippen LogP contribution in [0.4, 0.5) is 4.79 Å². The zero-order valence-electron chi connectivity index (χ0n) is 12.3. The minimum Gasteiger partial charge on any atom is -0.444 e. The molecule has 0 bridgehead atoms. The van der Waals surface area contributed by atoms with Crippen LogP contribution in [0.2, 0.25) is 0 Å². The number of hydrogen-bond acceptors (Lipinski definition) is 3. The lowest BCUT2D eigenvalue weighted by Crippen LogP contribution is -2.60. The normalized spacial score (nSPS) is 22.3. The van der Waals surface area contributed by atoms with Crippen LogP contribution in [0.15, 0.2) is 18.3 Å². The highest BCUT2D eigenvalue weighted by Gasteiger charge is 2.47. The molecule has 0 spiro atoms. The third-order valence-electron chi connectivity index (χ3n) is 3.53. The summed E-state index contributed by atoms with van der Waals surface area (Å²) < 4.78 is 7.32. The molecule has 0 aromatic carbocycles. The summed E-state index contributed by atoms with van der Waals surface area (Å²) in [7, 11) is 0. The van der Waals surface area contributed by atoms with E-state index < -0.39 is 23.1 Å². The van der Waals surface area contributed by atoms with Gasteiger partial charge in [-0.2, -0.15) is 0 Å². The van der Waals surface area contributed by atoms with E-state index >= 15 is 0 Å². The van der Waals surface area contributed by atoms with Crippen molar-refractivity contribution >= 4 is 12.0 Å². The fourth-order valence-corrected chi connectivity index (χ4v) is 2.47. The summed E-state index contributed by atoms with van der Waals surface area (Å²) in [5, 5.41) is 0. The summed E-state index contributed by atoms with van der Waals surface area (Å²) in [6, 6.07) is 3.65. The van der Waals surface area contributed by atoms with Crippen molar-refractivity contribution in [2.75, 3.05) is 6.54 Å². The van der Waals surface area contributed by atoms with Crippen LogP contribution in [0.25, 0.3) is 0 Å². The topological polar surface area (TPSA) is 77.6 Å². The molecule has 0 saturated heterocycles. The third kappa shape index (κ3) is 2.26. The highest BCUT2D eigenvalue weighted by Crippen LogP contribution is 2.33. The molecule has 2 N–H and O–H groups in total. The van der Waals surface area contributed by atoms with Gasteiger partial charge < -0.3 is 15.0 Å². The van der Waals surface area contributed by atoms with Crippen molar-refractivity contribution in [3.63, 3.8) is 0 Å². The van der Waals surface area contributed by atoms with E-state index in [-0.39, 0.29) is 0 Å². The zero-order valence-corrected chi connectivity index (χ0v) is 12.3. The summed E-state index contributed by atoms with van der Waals surface area (Å²) in [4.78, 5) is 25.7. The first kappa shape index (κ1) is 14.4. The molecule has 1 aromatic rings. The number of nitrogens with zero attached hydrogens (tertiary/aromatic N) is 2. The van der Waals surface area contributed by atoms with Gasteiger partial charge in [0.15, 0.2) is 5.54 Å². The van der Waals surface area contributed by atoms with Crippen LogP contribution in [0.3, 0.4) is 0 Å². The summed E-state index contributed by atoms with van der Waals surface area (Å²) >= 11 is 0. The van der Waals surface area contributed by atoms with Crippen LogP contribution in [-0.4, -0.2) is 33.6 Å². The number of carbonyl (C=O) groups excluding carboxylic acids is 2. The van der Waals surface area contributed by atoms with Crippen LogP contribution in [-0.2, 0) is 21.6 Å². The average molecular weight is 279 g/mol. The SMILES string of the molecule is CC(C)(C)OC(=O)N1CCn2cccc2C1(C)C(N)=O. The van der Waals surface area contributed by atoms with Crippen molar-refractivity contribution in [1.29, 1.82) is 0 Å². The molecule has 6 nitrogen and oxygen atoms in total. The van der Waals surface area contributed by atoms with E-state index in [0.717, 1.165) is 0 Å². The van der Waals surface area contributed by atoms with Gasteiger partial charge in [-0.1, -0.05) is 0 Å². The maximum atomic E-state index is 12.4. The van der Waals surface area contributed by atoms with Gasteiger partial charge in [-0.25, -0.2) is 4.79 Å². The molecule has 2 rings (SSSR count). The van der Waals surface area contributed by atoms with E-state index in [4.69, 9.17) is 10.5 Å². The molecule has 2 amide bonds. The number of primary amides is 1. The van der Waals surface area contributed by atoms with Crippen LogP contribution in [0, 0.1) is 0 Å². The second-order valence-electron chi connectivity index (χ2n) is 6.16. The molecule has 1 aliphatic heterocycles. The number of fused-ring (bicyclic) bond motifs is 1. The van der Waals surface area contributed by atoms with Crippen molar-refractivity contribution in [2.24, 2.45) is 5.73 Å². The molecule has 6 heteroatoms. The largest absolute Gasteiger partial charge is 0.444 e. The van der Waals surface area contributed by atoms with Gasteiger partial charge in [0, 0.05) is 19.3 Å². The van der Waals surface area contributed by atoms with E-state index in [1.165, 1.54) is 4.90 Å². The van der Waals surface area contributed by atoms with Crippen molar-refractivity contribution in [3.05, 3.63) is 24.0 Å². The molecule has 1 atom stereocenters. The lowest BCUT2D eigenvalue weighted by atomic mass is 9.92. The molecule has 20 heavy (non-hydrogen) atoms. The van der Waals surface area contributed by atoms with Gasteiger partial charge in [0.05, 0.1) is 5.69 Å². The first-order valence-electron chi connectivity index (χ1n) is 6.62. The second kappa shape index (κ2) is 4.54. The molecule has 110 valence electrons. The minimum absolute atomic E-state index is 0.385. The predicted octanol–water partition coefficient (Wildman–Crippen LogP) is 1.44. The Bertz CT molecular complexity index is 544. The van der Waals surface area contributed by atoms with Gasteiger partial charge in [-0.3, -0.25) is 9.69 Å². The van der Waals surface area contributed by atoms with Gasteiger partial charge in [0.2, 0.25) is 5.91 Å². The molecular weight excluding hydrogens is 258 g/mol. The third-order valence-corrected chi connectivity index (χ3v) is 3.53. The second-order valence-corrected chi connectivity index (χ2v) is 6.16. The van der Waals surface area contributed by atoms with E-state index in [1.54, 1.807) is 33.8 Å². The number of carbonyl (C=O) groups is 2. The van der Waals surface area contributed by atoms with Crippen molar-refractivity contribution in [2.45, 2.75) is 45.4 Å². The molecule has 1 aliphatic rings. The van der Waals surface area contributed by atoms with Crippen molar-refractivity contribution < 1.29 is 14.3 Å². The van der Waals surface area contributed by atoms with E-state index in [2.05, 4.69) is 0 Å². The quantitative estimate of drug-likeness (QED) is 0.845. The number of rotatable bonds is 1. The molecule has 2 heterocycles. The first-order valence-corrected chi connectivity index (χ1v) is 6.62. The van der Waals surface area contributed by atoms with Crippen molar-refractivity contribution in [1.82, 2.24) is 9.47 Å². The molecule has 0 aliphatic carbocycles. The number of amides is 2. The molecule has 0 radical (unpaired) electrons. The molecular formula is C14H21N3O3. The highest BCUT2D eigenvalue weighted by molar-refractivity contribution is 5.89. The maximum Gasteiger partial charge on any atom is 0.411 e. The number of nitrogens with two attached hydrogens (primary N) is 1. The zero-order chi connectivity index (χ0) is 15.1. The Balaban J connectivity index is 2.40. The Morgan fingerprint density at radius 1 is 1.35 bits per heavy atom. The lowest BCUT2D eigenvalue weighted by Gasteiger charge is -2.43. The Hall–Kier alpha value is -1.98. The summed E-state index contributed by atoms with van der Waals surface area (Å²) in [5.41, 5.74) is 4.47. The van der Waals surface area contributed by atoms with Gasteiger partial charge in [-0.05, 0) is 39.8 Å². The van der Waals surface area contributed by atoms with Crippen LogP contribution in [0.1, 0.15) is 33.4 Å². The van der Waals surface area contributed by atoms with Crippen LogP contribution in [0.5, 0.6) is 0 Å². The van der Waals surface area contributed by atoms with E-state index in [1.807, 2.05) is 16.8 Å². The Kier molecular flexibility index (Phi) is 3.28. The molecule has 1 unspecified atom stereocenters. The molecule has 0 saturated carbocycles. The summed E-state index contributed by atoms with van der Waals surface area (Å²) in [6.07, 6.45) is 1.36. The fraction of sp³-hybridized carbons (Fsp3) is 0.571. The maximum absolute atomic E-state index is 12.4. The average Bonchev–Trinajstić information content (AvgIpc) is 2.75. The van der Waals surface area contributed by atoms with Crippen molar-refractivity contribution in [3.8, 4) is 0 Å². The standard InChI is InChI=1S/C14H21N3O3/c1-13(2,3)20-12(19)17-9-8-16-7-5-6-10(16)14(17,4)11(15)18/h5-7H,8-9H2,1-4H3,(H2,15,18). The number of aromatic nitrogens is 1. The number of ether oxygens (including phenoxy) is 1. The van der Waals surface area contributed by atoms with Crippen LogP contribution < -0.4 is 5.73 Å². The molecule has 0 fully saturated rings. The van der Waals surface area contributed by atoms with Gasteiger partial charge in [-0.15, -0.1) is 0 Å². The fourth-order valence-electron chi connectivity index (χ4n) is 2.47. The summed E-state index contributed by atoms with van der Waals surface area (Å²) in [5.74, 6) is -0.567. The minimum atomic E-state index is -1.19. The smallest absolute Gasteiger partial charge is 0.411 e. The Morgan fingerprint density at radius 2 is 2.00 bits per heavy atom. The van der Waals surface area contributed by atoms with E-state index in [9.17, 15) is 9.59 Å². The van der Waals surface area contributed by atoms with Gasteiger partial charge >= 0.3 is 6.09 Å².